The highest BCUT2D eigenvalue weighted by Crippen LogP contribution is 2.50. The Morgan fingerprint density at radius 2 is 2.20 bits per heavy atom. The predicted molar refractivity (Wildman–Crippen MR) is 74.8 cm³/mol. The number of carbonyl (C=O) groups excluding carboxylic acids is 2. The summed E-state index contributed by atoms with van der Waals surface area (Å²) < 4.78 is 10.2. The van der Waals surface area contributed by atoms with Crippen LogP contribution in [0.15, 0.2) is 36.0 Å². The molecule has 0 aromatic heterocycles. The van der Waals surface area contributed by atoms with Crippen molar-refractivity contribution >= 4 is 11.9 Å². The molecule has 0 aromatic carbocycles. The lowest BCUT2D eigenvalue weighted by molar-refractivity contribution is -0.142. The Kier molecular flexibility index (Phi) is 3.59. The van der Waals surface area contributed by atoms with Gasteiger partial charge in [0.2, 0.25) is 0 Å². The molecule has 1 saturated carbocycles. The Balaban J connectivity index is 2.38. The van der Waals surface area contributed by atoms with E-state index in [9.17, 15) is 9.59 Å². The molecule has 3 unspecified atom stereocenters. The maximum atomic E-state index is 11.8. The Bertz CT molecular complexity index is 529. The Morgan fingerprint density at radius 1 is 1.55 bits per heavy atom. The highest BCUT2D eigenvalue weighted by Gasteiger charge is 2.48. The van der Waals surface area contributed by atoms with E-state index in [1.807, 2.05) is 13.0 Å². The third kappa shape index (κ3) is 2.09. The van der Waals surface area contributed by atoms with Gasteiger partial charge in [0.25, 0.3) is 0 Å². The summed E-state index contributed by atoms with van der Waals surface area (Å²) in [4.78, 5) is 23.5. The number of fused-ring (bicyclic) bond motifs is 1. The van der Waals surface area contributed by atoms with E-state index in [4.69, 9.17) is 9.47 Å². The molecule has 3 atom stereocenters. The van der Waals surface area contributed by atoms with E-state index in [2.05, 4.69) is 13.2 Å². The largest absolute Gasteiger partial charge is 0.466 e. The second-order valence-corrected chi connectivity index (χ2v) is 5.73. The monoisotopic (exact) mass is 276 g/mol. The molecule has 0 spiro atoms. The molecule has 0 bridgehead atoms. The van der Waals surface area contributed by atoms with E-state index in [-0.39, 0.29) is 23.4 Å². The third-order valence-corrected chi connectivity index (χ3v) is 4.61. The Morgan fingerprint density at radius 3 is 2.75 bits per heavy atom. The Hall–Kier alpha value is -1.84. The SMILES string of the molecule is C=CC1(C)CC2OC(=O)C(C)=C2CC1C(=C)C(=O)OC. The fourth-order valence-corrected chi connectivity index (χ4v) is 3.13. The van der Waals surface area contributed by atoms with Crippen molar-refractivity contribution < 1.29 is 19.1 Å². The predicted octanol–water partition coefficient (Wildman–Crippen LogP) is 2.56. The molecule has 4 nitrogen and oxygen atoms in total. The van der Waals surface area contributed by atoms with E-state index >= 15 is 0 Å². The van der Waals surface area contributed by atoms with Crippen molar-refractivity contribution in [2.45, 2.75) is 32.8 Å². The van der Waals surface area contributed by atoms with Crippen molar-refractivity contribution in [3.63, 3.8) is 0 Å². The number of hydrogen-bond acceptors (Lipinski definition) is 4. The number of methoxy groups -OCH3 is 1. The molecule has 2 rings (SSSR count). The summed E-state index contributed by atoms with van der Waals surface area (Å²) >= 11 is 0. The lowest BCUT2D eigenvalue weighted by atomic mass is 9.62. The standard InChI is InChI=1S/C16H20O4/c1-6-16(4)8-13-11(9(2)15(18)20-13)7-12(16)10(3)14(17)19-5/h6,12-13H,1,3,7-8H2,2,4-5H3. The quantitative estimate of drug-likeness (QED) is 0.451. The van der Waals surface area contributed by atoms with E-state index in [0.717, 1.165) is 5.57 Å². The smallest absolute Gasteiger partial charge is 0.334 e. The van der Waals surface area contributed by atoms with Gasteiger partial charge in [-0.2, -0.15) is 0 Å². The lowest BCUT2D eigenvalue weighted by Crippen LogP contribution is -2.39. The van der Waals surface area contributed by atoms with Crippen LogP contribution in [0.4, 0.5) is 0 Å². The summed E-state index contributed by atoms with van der Waals surface area (Å²) in [6, 6.07) is 0. The highest BCUT2D eigenvalue weighted by atomic mass is 16.5. The number of ether oxygens (including phenoxy) is 2. The van der Waals surface area contributed by atoms with E-state index in [1.165, 1.54) is 7.11 Å². The first-order chi connectivity index (χ1) is 9.34. The van der Waals surface area contributed by atoms with Gasteiger partial charge in [0, 0.05) is 17.1 Å². The zero-order chi connectivity index (χ0) is 15.1. The number of rotatable bonds is 3. The maximum Gasteiger partial charge on any atom is 0.334 e. The summed E-state index contributed by atoms with van der Waals surface area (Å²) in [7, 11) is 1.34. The minimum atomic E-state index is -0.412. The highest BCUT2D eigenvalue weighted by molar-refractivity contribution is 5.92. The van der Waals surface area contributed by atoms with Crippen LogP contribution in [0.25, 0.3) is 0 Å². The van der Waals surface area contributed by atoms with Crippen molar-refractivity contribution in [2.75, 3.05) is 7.11 Å². The molecule has 1 heterocycles. The number of carbonyl (C=O) groups is 2. The number of esters is 2. The van der Waals surface area contributed by atoms with Crippen molar-refractivity contribution in [2.24, 2.45) is 11.3 Å². The molecule has 0 saturated heterocycles. The average Bonchev–Trinajstić information content (AvgIpc) is 2.70. The molecule has 0 aromatic rings. The fourth-order valence-electron chi connectivity index (χ4n) is 3.13. The molecule has 2 aliphatic rings. The first-order valence-corrected chi connectivity index (χ1v) is 6.65. The van der Waals surface area contributed by atoms with E-state index in [1.54, 1.807) is 6.92 Å². The lowest BCUT2D eigenvalue weighted by Gasteiger charge is -2.42. The first-order valence-electron chi connectivity index (χ1n) is 6.65. The van der Waals surface area contributed by atoms with Crippen LogP contribution < -0.4 is 0 Å². The summed E-state index contributed by atoms with van der Waals surface area (Å²) in [6.07, 6.45) is 2.82. The minimum absolute atomic E-state index is 0.122. The topological polar surface area (TPSA) is 52.6 Å². The molecule has 1 fully saturated rings. The van der Waals surface area contributed by atoms with Gasteiger partial charge in [0.15, 0.2) is 0 Å². The average molecular weight is 276 g/mol. The summed E-state index contributed by atoms with van der Waals surface area (Å²) in [5.74, 6) is -0.797. The molecular formula is C16H20O4. The van der Waals surface area contributed by atoms with Crippen LogP contribution in [0.1, 0.15) is 26.7 Å². The maximum absolute atomic E-state index is 11.8. The van der Waals surface area contributed by atoms with Crippen molar-refractivity contribution in [1.29, 1.82) is 0 Å². The van der Waals surface area contributed by atoms with Gasteiger partial charge in [0.05, 0.1) is 7.11 Å². The van der Waals surface area contributed by atoms with Crippen LogP contribution in [0.3, 0.4) is 0 Å². The molecule has 1 aliphatic heterocycles. The molecule has 20 heavy (non-hydrogen) atoms. The summed E-state index contributed by atoms with van der Waals surface area (Å²) in [6.45, 7) is 11.5. The summed E-state index contributed by atoms with van der Waals surface area (Å²) in [5.41, 5.74) is 1.71. The van der Waals surface area contributed by atoms with Gasteiger partial charge >= 0.3 is 11.9 Å². The van der Waals surface area contributed by atoms with Gasteiger partial charge in [-0.25, -0.2) is 9.59 Å². The molecule has 0 N–H and O–H groups in total. The van der Waals surface area contributed by atoms with E-state index in [0.29, 0.717) is 24.0 Å². The fraction of sp³-hybridized carbons (Fsp3) is 0.500. The third-order valence-electron chi connectivity index (χ3n) is 4.61. The van der Waals surface area contributed by atoms with Gasteiger partial charge in [-0.05, 0) is 30.8 Å². The van der Waals surface area contributed by atoms with Gasteiger partial charge < -0.3 is 9.47 Å². The molecule has 0 radical (unpaired) electrons. The second kappa shape index (κ2) is 4.93. The molecule has 1 aliphatic carbocycles. The number of hydrogen-bond donors (Lipinski definition) is 0. The zero-order valence-electron chi connectivity index (χ0n) is 12.2. The van der Waals surface area contributed by atoms with E-state index < -0.39 is 5.97 Å². The zero-order valence-corrected chi connectivity index (χ0v) is 12.2. The van der Waals surface area contributed by atoms with Crippen LogP contribution in [0, 0.1) is 11.3 Å². The van der Waals surface area contributed by atoms with Crippen molar-refractivity contribution in [3.8, 4) is 0 Å². The van der Waals surface area contributed by atoms with Gasteiger partial charge in [-0.15, -0.1) is 6.58 Å². The van der Waals surface area contributed by atoms with Crippen LogP contribution in [0.5, 0.6) is 0 Å². The van der Waals surface area contributed by atoms with Crippen LogP contribution in [0.2, 0.25) is 0 Å². The minimum Gasteiger partial charge on any atom is -0.466 e. The van der Waals surface area contributed by atoms with Crippen molar-refractivity contribution in [1.82, 2.24) is 0 Å². The van der Waals surface area contributed by atoms with Crippen LogP contribution in [-0.4, -0.2) is 25.2 Å². The van der Waals surface area contributed by atoms with Gasteiger partial charge in [0.1, 0.15) is 6.10 Å². The normalized spacial score (nSPS) is 32.5. The Labute approximate surface area is 119 Å². The summed E-state index contributed by atoms with van der Waals surface area (Å²) in [5, 5.41) is 0. The van der Waals surface area contributed by atoms with Gasteiger partial charge in [-0.1, -0.05) is 19.6 Å². The molecule has 0 amide bonds. The van der Waals surface area contributed by atoms with Crippen LogP contribution in [-0.2, 0) is 19.1 Å². The van der Waals surface area contributed by atoms with Crippen LogP contribution >= 0.6 is 0 Å². The second-order valence-electron chi connectivity index (χ2n) is 5.73. The van der Waals surface area contributed by atoms with Crippen molar-refractivity contribution in [3.05, 3.63) is 36.0 Å². The molecule has 108 valence electrons. The molecule has 4 heteroatoms. The number of allylic oxidation sites excluding steroid dienone is 1. The van der Waals surface area contributed by atoms with Gasteiger partial charge in [-0.3, -0.25) is 0 Å². The molecular weight excluding hydrogens is 256 g/mol. The first kappa shape index (κ1) is 14.6.